The number of anilines is 2. The molecule has 3 atom stereocenters. The van der Waals surface area contributed by atoms with E-state index in [0.717, 1.165) is 68.1 Å². The zero-order valence-electron chi connectivity index (χ0n) is 52.8. The van der Waals surface area contributed by atoms with Crippen molar-refractivity contribution in [2.45, 2.75) is 111 Å². The second-order valence-corrected chi connectivity index (χ2v) is 25.9. The number of likely N-dealkylation sites (tertiary alicyclic amines) is 1. The molecule has 91 heavy (non-hydrogen) atoms. The van der Waals surface area contributed by atoms with Crippen molar-refractivity contribution in [3.05, 3.63) is 101 Å². The fourth-order valence-corrected chi connectivity index (χ4v) is 13.0. The second-order valence-electron chi connectivity index (χ2n) is 24.7. The molecule has 0 radical (unpaired) electrons. The van der Waals surface area contributed by atoms with E-state index in [1.54, 1.807) is 69.3 Å². The van der Waals surface area contributed by atoms with Crippen LogP contribution in [0.15, 0.2) is 78.2 Å². The number of amides is 10. The van der Waals surface area contributed by atoms with Gasteiger partial charge in [0.2, 0.25) is 17.7 Å². The van der Waals surface area contributed by atoms with Crippen LogP contribution in [-0.4, -0.2) is 169 Å². The maximum absolute atomic E-state index is 14.1. The third kappa shape index (κ3) is 18.6. The molecule has 3 aliphatic rings. The van der Waals surface area contributed by atoms with E-state index in [1.165, 1.54) is 52.2 Å². The summed E-state index contributed by atoms with van der Waals surface area (Å²) >= 11 is 8.06. The number of imide groups is 1. The maximum Gasteiger partial charge on any atom is 0.415 e. The Hall–Kier alpha value is -8.48. The molecule has 5 aromatic rings. The molecule has 3 aliphatic heterocycles. The van der Waals surface area contributed by atoms with Gasteiger partial charge in [0.05, 0.1) is 10.4 Å². The largest absolute Gasteiger partial charge is 0.492 e. The van der Waals surface area contributed by atoms with Gasteiger partial charge in [0, 0.05) is 129 Å². The molecule has 3 aromatic carbocycles. The molecule has 2 aromatic heterocycles. The van der Waals surface area contributed by atoms with Crippen molar-refractivity contribution in [3.63, 3.8) is 0 Å². The summed E-state index contributed by atoms with van der Waals surface area (Å²) in [5.41, 5.74) is 9.82. The van der Waals surface area contributed by atoms with E-state index < -0.39 is 47.5 Å². The third-order valence-corrected chi connectivity index (χ3v) is 17.7. The van der Waals surface area contributed by atoms with Crippen molar-refractivity contribution in [2.75, 3.05) is 89.2 Å². The Balaban J connectivity index is 0.812. The van der Waals surface area contributed by atoms with Crippen molar-refractivity contribution >= 4 is 115 Å². The first-order valence-electron chi connectivity index (χ1n) is 30.9. The lowest BCUT2D eigenvalue weighted by Gasteiger charge is -2.33. The minimum absolute atomic E-state index is 0.0983. The highest BCUT2D eigenvalue weighted by atomic mass is 35.5. The molecule has 0 saturated carbocycles. The molecule has 10 amide bonds. The highest BCUT2D eigenvalue weighted by Crippen LogP contribution is 2.49. The number of benzene rings is 3. The lowest BCUT2D eigenvalue weighted by molar-refractivity contribution is -0.137. The van der Waals surface area contributed by atoms with Gasteiger partial charge in [0.1, 0.15) is 31.0 Å². The van der Waals surface area contributed by atoms with Crippen molar-refractivity contribution < 1.29 is 57.4 Å². The number of primary amides is 1. The molecule has 488 valence electrons. The summed E-state index contributed by atoms with van der Waals surface area (Å²) < 4.78 is 18.7. The number of hydrogen-bond donors (Lipinski definition) is 6. The number of hydrogen-bond acceptors (Lipinski definition) is 14. The number of aromatic nitrogens is 1. The molecule has 0 bridgehead atoms. The number of fused-ring (bicyclic) bond motifs is 4. The Labute approximate surface area is 539 Å². The zero-order chi connectivity index (χ0) is 65.5. The molecular formula is C66H84ClN11O12S. The number of urea groups is 1. The lowest BCUT2D eigenvalue weighted by atomic mass is 9.92. The summed E-state index contributed by atoms with van der Waals surface area (Å²) in [7, 11) is 3.23. The summed E-state index contributed by atoms with van der Waals surface area (Å²) in [5, 5.41) is 14.7. The number of thiophene rings is 1. The summed E-state index contributed by atoms with van der Waals surface area (Å²) in [6, 6.07) is 13.5. The zero-order valence-corrected chi connectivity index (χ0v) is 54.4. The molecule has 23 nitrogen and oxygen atoms in total. The van der Waals surface area contributed by atoms with Gasteiger partial charge in [-0.3, -0.25) is 38.6 Å². The molecule has 5 heterocycles. The van der Waals surface area contributed by atoms with E-state index >= 15 is 0 Å². The van der Waals surface area contributed by atoms with Crippen LogP contribution >= 0.6 is 22.9 Å². The number of nitrogens with two attached hydrogens (primary N) is 1. The highest BCUT2D eigenvalue weighted by molar-refractivity contribution is 7.17. The summed E-state index contributed by atoms with van der Waals surface area (Å²) in [6.45, 7) is 14.1. The minimum atomic E-state index is -1.07. The van der Waals surface area contributed by atoms with Gasteiger partial charge in [-0.25, -0.2) is 14.4 Å². The normalized spacial score (nSPS) is 15.5. The van der Waals surface area contributed by atoms with Gasteiger partial charge in [-0.2, -0.15) is 0 Å². The van der Waals surface area contributed by atoms with Crippen LogP contribution < -0.4 is 41.4 Å². The Morgan fingerprint density at radius 3 is 2.29 bits per heavy atom. The average Bonchev–Trinajstić information content (AvgIpc) is 1.59. The number of aromatic amines is 1. The van der Waals surface area contributed by atoms with Crippen LogP contribution in [0.4, 0.5) is 25.8 Å². The second kappa shape index (κ2) is 31.5. The van der Waals surface area contributed by atoms with Gasteiger partial charge in [0.15, 0.2) is 5.75 Å². The quantitative estimate of drug-likeness (QED) is 0.0109. The van der Waals surface area contributed by atoms with Crippen LogP contribution in [-0.2, 0) is 40.1 Å². The Kier molecular flexibility index (Phi) is 23.7. The van der Waals surface area contributed by atoms with E-state index in [9.17, 15) is 43.2 Å². The smallest absolute Gasteiger partial charge is 0.415 e. The molecular weight excluding hydrogens is 1210 g/mol. The summed E-state index contributed by atoms with van der Waals surface area (Å²) in [4.78, 5) is 128. The van der Waals surface area contributed by atoms with Gasteiger partial charge < -0.3 is 60.9 Å². The molecule has 1 saturated heterocycles. The highest BCUT2D eigenvalue weighted by Gasteiger charge is 2.37. The molecule has 0 spiro atoms. The average molecular weight is 1290 g/mol. The Morgan fingerprint density at radius 2 is 1.59 bits per heavy atom. The topological polar surface area (TPSA) is 287 Å². The van der Waals surface area contributed by atoms with Crippen LogP contribution in [0.2, 0.25) is 0 Å². The van der Waals surface area contributed by atoms with E-state index in [-0.39, 0.29) is 93.4 Å². The number of rotatable bonds is 30. The number of nitrogens with zero attached hydrogens (tertiary/aromatic N) is 5. The standard InChI is InChI=1S/C66H84ClN11O12S/c1-41(2)59(73-53(79)15-9-8-10-29-77-54(80)24-25-55(77)81)62(84)72-50(14-13-26-69-63(68)85)61(83)71-46-18-16-43(17-19-46)37-89-64(86)74(6)39-66(4,5)40-75(7)65(87)90-52-34-51-58(57-42(3)38-91-60(52)57)45(35-67)36-78(51)56(82)23-20-47-32-44-33-48(21-22-49(44)70-47)88-31-30-76-27-11-12-28-76/h16-25,32-34,38,41,45,50,59,70H,8-15,26-31,35-37,39-40H2,1-7H3,(H,71,83)(H,72,84)(H,73,79)(H3,68,69,85)/b23-20+/t45?,50-,59-/m0/s1. The molecule has 8 rings (SSSR count). The van der Waals surface area contributed by atoms with Crippen molar-refractivity contribution in [2.24, 2.45) is 17.1 Å². The van der Waals surface area contributed by atoms with Crippen molar-refractivity contribution in [1.29, 1.82) is 0 Å². The first kappa shape index (κ1) is 68.4. The fourth-order valence-electron chi connectivity index (χ4n) is 11.7. The third-order valence-electron chi connectivity index (χ3n) is 16.2. The van der Waals surface area contributed by atoms with Crippen molar-refractivity contribution in [1.82, 2.24) is 40.5 Å². The number of unbranched alkanes of at least 4 members (excludes halogenated alkanes) is 2. The van der Waals surface area contributed by atoms with E-state index in [0.29, 0.717) is 55.1 Å². The van der Waals surface area contributed by atoms with Gasteiger partial charge >= 0.3 is 18.2 Å². The number of carbonyl (C=O) groups excluding carboxylic acids is 9. The first-order valence-corrected chi connectivity index (χ1v) is 32.3. The summed E-state index contributed by atoms with van der Waals surface area (Å²) in [6.07, 6.45) is 9.03. The number of carbonyl (C=O) groups is 9. The number of nitrogens with one attached hydrogen (secondary N) is 5. The van der Waals surface area contributed by atoms with Gasteiger partial charge in [-0.05, 0) is 129 Å². The van der Waals surface area contributed by atoms with Crippen LogP contribution in [0, 0.1) is 18.3 Å². The van der Waals surface area contributed by atoms with Crippen LogP contribution in [0.1, 0.15) is 107 Å². The fraction of sp³-hybridized carbons (Fsp3) is 0.470. The number of halogens is 1. The SMILES string of the molecule is Cc1csc2c(OC(=O)N(C)CC(C)(C)CN(C)C(=O)OCc3ccc(NC(=O)[C@H](CCCNC(N)=O)NC(=O)[C@@H](NC(=O)CCCCCN4C(=O)C=CC4=O)C(C)C)cc3)cc3c(c12)C(CCl)CN3C(=O)/C=C/c1cc2cc(OCCN3CCCC3)ccc2[nH]1. The Morgan fingerprint density at radius 1 is 0.879 bits per heavy atom. The monoisotopic (exact) mass is 1290 g/mol. The Bertz CT molecular complexity index is 3520. The van der Waals surface area contributed by atoms with Gasteiger partial charge in [-0.15, -0.1) is 22.9 Å². The van der Waals surface area contributed by atoms with Crippen LogP contribution in [0.3, 0.4) is 0 Å². The predicted octanol–water partition coefficient (Wildman–Crippen LogP) is 8.77. The number of aryl methyl sites for hydroxylation is 1. The molecule has 7 N–H and O–H groups in total. The minimum Gasteiger partial charge on any atom is -0.492 e. The van der Waals surface area contributed by atoms with Gasteiger partial charge in [0.25, 0.3) is 17.7 Å². The van der Waals surface area contributed by atoms with Gasteiger partial charge in [-0.1, -0.05) is 46.2 Å². The molecule has 1 fully saturated rings. The first-order chi connectivity index (χ1) is 43.5. The van der Waals surface area contributed by atoms with E-state index in [2.05, 4.69) is 31.2 Å². The summed E-state index contributed by atoms with van der Waals surface area (Å²) in [5.74, 6) is -1.59. The molecule has 1 unspecified atom stereocenters. The van der Waals surface area contributed by atoms with E-state index in [4.69, 9.17) is 31.5 Å². The number of alkyl halides is 1. The van der Waals surface area contributed by atoms with Crippen molar-refractivity contribution in [3.8, 4) is 11.5 Å². The van der Waals surface area contributed by atoms with E-state index in [1.807, 2.05) is 50.4 Å². The number of ether oxygens (including phenoxy) is 3. The van der Waals surface area contributed by atoms with Crippen LogP contribution in [0.5, 0.6) is 11.5 Å². The maximum atomic E-state index is 14.1. The van der Waals surface area contributed by atoms with Crippen LogP contribution in [0.25, 0.3) is 27.1 Å². The number of H-pyrrole nitrogens is 1. The lowest BCUT2D eigenvalue weighted by Crippen LogP contribution is -2.54. The molecule has 25 heteroatoms. The predicted molar refractivity (Wildman–Crippen MR) is 351 cm³/mol. The molecule has 0 aliphatic carbocycles.